The molecule has 3 aliphatic carbocycles. The van der Waals surface area contributed by atoms with Crippen LogP contribution in [0.25, 0.3) is 0 Å². The highest BCUT2D eigenvalue weighted by molar-refractivity contribution is 6.22. The van der Waals surface area contributed by atoms with Crippen LogP contribution in [0.4, 0.5) is 0 Å². The third kappa shape index (κ3) is 4.98. The molecule has 0 aromatic carbocycles. The highest BCUT2D eigenvalue weighted by Crippen LogP contribution is 2.36. The number of hydrazine groups is 1. The van der Waals surface area contributed by atoms with Crippen LogP contribution in [0.2, 0.25) is 0 Å². The van der Waals surface area contributed by atoms with Crippen LogP contribution in [0.3, 0.4) is 0 Å². The molecule has 3 unspecified atom stereocenters. The van der Waals surface area contributed by atoms with Crippen LogP contribution in [0.15, 0.2) is 23.8 Å². The first-order chi connectivity index (χ1) is 15.5. The van der Waals surface area contributed by atoms with Gasteiger partial charge >= 0.3 is 0 Å². The molecular weight excluding hydrogens is 398 g/mol. The third-order valence-electron chi connectivity index (χ3n) is 8.51. The molecule has 0 bridgehead atoms. The molecule has 3 atom stereocenters. The van der Waals surface area contributed by atoms with Gasteiger partial charge in [-0.15, -0.1) is 0 Å². The Hall–Kier alpha value is -1.62. The summed E-state index contributed by atoms with van der Waals surface area (Å²) in [7, 11) is 4.34. The summed E-state index contributed by atoms with van der Waals surface area (Å²) in [6.07, 6.45) is 20.9. The summed E-state index contributed by atoms with van der Waals surface area (Å²) in [5, 5.41) is 3.78. The van der Waals surface area contributed by atoms with Crippen LogP contribution in [-0.4, -0.2) is 59.0 Å². The largest absolute Gasteiger partial charge is 0.306 e. The number of hydrogen-bond acceptors (Lipinski definition) is 3. The van der Waals surface area contributed by atoms with Crippen molar-refractivity contribution >= 4 is 11.8 Å². The highest BCUT2D eigenvalue weighted by Gasteiger charge is 2.47. The summed E-state index contributed by atoms with van der Waals surface area (Å²) in [4.78, 5) is 29.3. The second kappa shape index (κ2) is 10.5. The van der Waals surface area contributed by atoms with Crippen molar-refractivity contribution in [2.45, 2.75) is 109 Å². The van der Waals surface area contributed by atoms with E-state index in [2.05, 4.69) is 32.0 Å². The monoisotopic (exact) mass is 441 g/mol. The quantitative estimate of drug-likeness (QED) is 0.441. The first-order valence-electron chi connectivity index (χ1n) is 13.2. The van der Waals surface area contributed by atoms with Crippen LogP contribution in [-0.2, 0) is 9.59 Å². The van der Waals surface area contributed by atoms with Crippen molar-refractivity contribution < 1.29 is 9.59 Å². The van der Waals surface area contributed by atoms with E-state index in [1.807, 2.05) is 22.2 Å². The lowest BCUT2D eigenvalue weighted by Crippen LogP contribution is -2.53. The molecule has 1 aliphatic heterocycles. The lowest BCUT2D eigenvalue weighted by atomic mass is 9.77. The van der Waals surface area contributed by atoms with Gasteiger partial charge in [0.1, 0.15) is 5.57 Å². The summed E-state index contributed by atoms with van der Waals surface area (Å²) < 4.78 is 0. The number of allylic oxidation sites excluding steroid dienone is 3. The summed E-state index contributed by atoms with van der Waals surface area (Å²) in [6, 6.07) is 1.05. The zero-order valence-electron chi connectivity index (χ0n) is 20.5. The predicted molar refractivity (Wildman–Crippen MR) is 129 cm³/mol. The Morgan fingerprint density at radius 2 is 1.31 bits per heavy atom. The predicted octanol–water partition coefficient (Wildman–Crippen LogP) is 5.09. The van der Waals surface area contributed by atoms with Crippen LogP contribution in [0.1, 0.15) is 90.4 Å². The molecule has 2 amide bonds. The number of hydrogen-bond donors (Lipinski definition) is 0. The van der Waals surface area contributed by atoms with E-state index in [1.165, 1.54) is 32.1 Å². The van der Waals surface area contributed by atoms with Crippen molar-refractivity contribution in [2.75, 3.05) is 14.1 Å². The first kappa shape index (κ1) is 23.5. The molecule has 0 aromatic heterocycles. The second-order valence-corrected chi connectivity index (χ2v) is 10.9. The maximum absolute atomic E-state index is 13.5. The van der Waals surface area contributed by atoms with Gasteiger partial charge in [-0.2, -0.15) is 0 Å². The van der Waals surface area contributed by atoms with E-state index < -0.39 is 0 Å². The number of rotatable bonds is 5. The molecule has 4 fully saturated rings. The van der Waals surface area contributed by atoms with Crippen molar-refractivity contribution in [3.63, 3.8) is 0 Å². The fourth-order valence-electron chi connectivity index (χ4n) is 6.45. The van der Waals surface area contributed by atoms with E-state index in [0.29, 0.717) is 23.5 Å². The fourth-order valence-corrected chi connectivity index (χ4v) is 6.45. The van der Waals surface area contributed by atoms with E-state index >= 15 is 0 Å². The van der Waals surface area contributed by atoms with E-state index in [4.69, 9.17) is 0 Å². The fraction of sp³-hybridized carbons (Fsp3) is 0.778. The molecule has 32 heavy (non-hydrogen) atoms. The SMILES string of the molecule is CC1CC(N(C)C)CCC1C=CC=C1C(=O)N(C2CCCCC2)N(C2CCCCC2)C1=O. The summed E-state index contributed by atoms with van der Waals surface area (Å²) in [5.74, 6) is 1.04. The molecule has 0 N–H and O–H groups in total. The van der Waals surface area contributed by atoms with Gasteiger partial charge in [0.15, 0.2) is 0 Å². The van der Waals surface area contributed by atoms with Crippen LogP contribution >= 0.6 is 0 Å². The number of amides is 2. The van der Waals surface area contributed by atoms with Gasteiger partial charge in [0.2, 0.25) is 0 Å². The Morgan fingerprint density at radius 1 is 0.781 bits per heavy atom. The van der Waals surface area contributed by atoms with Crippen LogP contribution < -0.4 is 0 Å². The third-order valence-corrected chi connectivity index (χ3v) is 8.51. The van der Waals surface area contributed by atoms with E-state index in [0.717, 1.165) is 51.4 Å². The van der Waals surface area contributed by atoms with E-state index in [-0.39, 0.29) is 23.9 Å². The lowest BCUT2D eigenvalue weighted by Gasteiger charge is -2.41. The summed E-state index contributed by atoms with van der Waals surface area (Å²) >= 11 is 0. The maximum Gasteiger partial charge on any atom is 0.278 e. The van der Waals surface area contributed by atoms with Gasteiger partial charge in [-0.1, -0.05) is 57.6 Å². The zero-order valence-corrected chi connectivity index (χ0v) is 20.5. The Labute approximate surface area is 194 Å². The molecule has 5 nitrogen and oxygen atoms in total. The van der Waals surface area contributed by atoms with E-state index in [9.17, 15) is 9.59 Å². The van der Waals surface area contributed by atoms with Gasteiger partial charge in [-0.05, 0) is 77.0 Å². The normalized spacial score (nSPS) is 31.4. The van der Waals surface area contributed by atoms with Gasteiger partial charge in [0, 0.05) is 6.04 Å². The van der Waals surface area contributed by atoms with Gasteiger partial charge in [-0.25, -0.2) is 10.0 Å². The van der Waals surface area contributed by atoms with Gasteiger partial charge in [-0.3, -0.25) is 9.59 Å². The molecular formula is C27H43N3O2. The first-order valence-corrected chi connectivity index (χ1v) is 13.2. The second-order valence-electron chi connectivity index (χ2n) is 10.9. The van der Waals surface area contributed by atoms with Crippen molar-refractivity contribution in [2.24, 2.45) is 11.8 Å². The average molecular weight is 442 g/mol. The van der Waals surface area contributed by atoms with Crippen molar-refractivity contribution in [1.82, 2.24) is 14.9 Å². The minimum atomic E-state index is -0.0542. The Bertz CT molecular complexity index is 693. The number of carbonyl (C=O) groups excluding carboxylic acids is 2. The number of nitrogens with zero attached hydrogens (tertiary/aromatic N) is 3. The Balaban J connectivity index is 1.50. The van der Waals surface area contributed by atoms with Gasteiger partial charge < -0.3 is 4.90 Å². The number of carbonyl (C=O) groups is 2. The molecule has 178 valence electrons. The standard InChI is InChI=1S/C27H43N3O2/c1-20-19-24(28(2)3)18-17-21(20)11-10-16-25-26(31)29(22-12-6-4-7-13-22)30(27(25)32)23-14-8-5-9-15-23/h10-11,16,20-24H,4-9,12-15,17-19H2,1-3H3. The average Bonchev–Trinajstić information content (AvgIpc) is 3.05. The molecule has 0 spiro atoms. The lowest BCUT2D eigenvalue weighted by molar-refractivity contribution is -0.160. The molecule has 1 heterocycles. The zero-order chi connectivity index (χ0) is 22.7. The molecule has 4 aliphatic rings. The van der Waals surface area contributed by atoms with Gasteiger partial charge in [0.05, 0.1) is 12.1 Å². The Kier molecular flexibility index (Phi) is 7.75. The summed E-state index contributed by atoms with van der Waals surface area (Å²) in [6.45, 7) is 2.33. The maximum atomic E-state index is 13.5. The molecule has 3 saturated carbocycles. The van der Waals surface area contributed by atoms with Crippen molar-refractivity contribution in [3.05, 3.63) is 23.8 Å². The molecule has 1 saturated heterocycles. The summed E-state index contributed by atoms with van der Waals surface area (Å²) in [5.41, 5.74) is 0.382. The van der Waals surface area contributed by atoms with E-state index in [1.54, 1.807) is 0 Å². The van der Waals surface area contributed by atoms with Crippen LogP contribution in [0.5, 0.6) is 0 Å². The topological polar surface area (TPSA) is 43.9 Å². The highest BCUT2D eigenvalue weighted by atomic mass is 16.2. The van der Waals surface area contributed by atoms with Crippen LogP contribution in [0, 0.1) is 11.8 Å². The molecule has 0 aromatic rings. The molecule has 5 heteroatoms. The molecule has 4 rings (SSSR count). The van der Waals surface area contributed by atoms with Gasteiger partial charge in [0.25, 0.3) is 11.8 Å². The van der Waals surface area contributed by atoms with Crippen molar-refractivity contribution in [3.8, 4) is 0 Å². The minimum Gasteiger partial charge on any atom is -0.306 e. The Morgan fingerprint density at radius 3 is 1.78 bits per heavy atom. The minimum absolute atomic E-state index is 0.0542. The molecule has 0 radical (unpaired) electrons. The van der Waals surface area contributed by atoms with Crippen molar-refractivity contribution in [1.29, 1.82) is 0 Å². The smallest absolute Gasteiger partial charge is 0.278 e.